The molecule has 36 heavy (non-hydrogen) atoms. The maximum Gasteiger partial charge on any atom is 0.309 e. The molecule has 1 aromatic rings. The third-order valence-corrected chi connectivity index (χ3v) is 8.85. The lowest BCUT2D eigenvalue weighted by Crippen LogP contribution is -2.45. The summed E-state index contributed by atoms with van der Waals surface area (Å²) >= 11 is 1.35. The predicted molar refractivity (Wildman–Crippen MR) is 137 cm³/mol. The molecule has 9 heteroatoms. The fourth-order valence-corrected chi connectivity index (χ4v) is 5.69. The minimum atomic E-state index is -1.26. The molecule has 0 saturated carbocycles. The van der Waals surface area contributed by atoms with E-state index in [0.717, 1.165) is 24.8 Å². The average Bonchev–Trinajstić information content (AvgIpc) is 3.23. The van der Waals surface area contributed by atoms with Crippen LogP contribution in [0.25, 0.3) is 6.08 Å². The fourth-order valence-electron chi connectivity index (χ4n) is 5.08. The van der Waals surface area contributed by atoms with Gasteiger partial charge in [-0.15, -0.1) is 11.3 Å². The van der Waals surface area contributed by atoms with Crippen LogP contribution in [0.4, 0.5) is 0 Å². The van der Waals surface area contributed by atoms with Crippen molar-refractivity contribution < 1.29 is 34.4 Å². The van der Waals surface area contributed by atoms with Gasteiger partial charge in [-0.05, 0) is 44.3 Å². The van der Waals surface area contributed by atoms with Crippen molar-refractivity contribution in [3.05, 3.63) is 21.7 Å². The molecule has 202 valence electrons. The molecule has 3 rings (SSSR count). The molecule has 1 aromatic heterocycles. The number of esters is 1. The molecule has 0 aliphatic carbocycles. The Labute approximate surface area is 217 Å². The summed E-state index contributed by atoms with van der Waals surface area (Å²) < 4.78 is 11.9. The van der Waals surface area contributed by atoms with E-state index < -0.39 is 35.6 Å². The summed E-state index contributed by atoms with van der Waals surface area (Å²) in [6.07, 6.45) is 1.60. The number of fused-ring (bicyclic) bond motifs is 1. The normalized spacial score (nSPS) is 36.8. The van der Waals surface area contributed by atoms with E-state index in [4.69, 9.17) is 9.47 Å². The zero-order chi connectivity index (χ0) is 26.8. The van der Waals surface area contributed by atoms with Crippen LogP contribution >= 0.6 is 11.3 Å². The number of epoxide rings is 1. The number of rotatable bonds is 3. The smallest absolute Gasteiger partial charge is 0.309 e. The summed E-state index contributed by atoms with van der Waals surface area (Å²) in [7, 11) is 0. The second kappa shape index (κ2) is 11.4. The highest BCUT2D eigenvalue weighted by molar-refractivity contribution is 7.09. The second-order valence-corrected chi connectivity index (χ2v) is 12.2. The van der Waals surface area contributed by atoms with Gasteiger partial charge in [0.25, 0.3) is 0 Å². The number of carbonyl (C=O) groups excluding carboxylic acids is 2. The highest BCUT2D eigenvalue weighted by Crippen LogP contribution is 2.45. The van der Waals surface area contributed by atoms with Crippen molar-refractivity contribution in [2.45, 2.75) is 110 Å². The number of nitrogens with zero attached hydrogens (tertiary/aromatic N) is 1. The SMILES string of the molecule is CC(=Cc1csc(CO)n1)C1CC2OC2(C)CCCC(C)C(O)C(C)C(=O)C(C)(C)C(O)CC(=O)O1. The number of aromatic nitrogens is 1. The van der Waals surface area contributed by atoms with Crippen LogP contribution in [0.15, 0.2) is 11.0 Å². The molecule has 0 radical (unpaired) electrons. The van der Waals surface area contributed by atoms with E-state index in [-0.39, 0.29) is 36.4 Å². The van der Waals surface area contributed by atoms with E-state index in [1.807, 2.05) is 32.2 Å². The van der Waals surface area contributed by atoms with Crippen molar-refractivity contribution in [3.63, 3.8) is 0 Å². The Morgan fingerprint density at radius 2 is 1.94 bits per heavy atom. The first-order chi connectivity index (χ1) is 16.8. The lowest BCUT2D eigenvalue weighted by atomic mass is 9.73. The Morgan fingerprint density at radius 1 is 1.25 bits per heavy atom. The molecule has 2 aliphatic heterocycles. The number of aliphatic hydroxyl groups excluding tert-OH is 3. The van der Waals surface area contributed by atoms with Crippen LogP contribution in [0.3, 0.4) is 0 Å². The lowest BCUT2D eigenvalue weighted by molar-refractivity contribution is -0.154. The summed E-state index contributed by atoms with van der Waals surface area (Å²) in [5.74, 6) is -1.64. The average molecular weight is 524 g/mol. The van der Waals surface area contributed by atoms with Gasteiger partial charge in [0.15, 0.2) is 0 Å². The van der Waals surface area contributed by atoms with Crippen LogP contribution in [-0.4, -0.2) is 62.1 Å². The van der Waals surface area contributed by atoms with Gasteiger partial charge in [0.2, 0.25) is 0 Å². The Balaban J connectivity index is 1.85. The van der Waals surface area contributed by atoms with E-state index in [0.29, 0.717) is 17.1 Å². The molecular weight excluding hydrogens is 482 g/mol. The minimum Gasteiger partial charge on any atom is -0.458 e. The summed E-state index contributed by atoms with van der Waals surface area (Å²) in [6.45, 7) is 10.6. The maximum absolute atomic E-state index is 13.2. The summed E-state index contributed by atoms with van der Waals surface area (Å²) in [5.41, 5.74) is -0.0964. The van der Waals surface area contributed by atoms with Crippen molar-refractivity contribution in [1.82, 2.24) is 4.98 Å². The fraction of sp³-hybridized carbons (Fsp3) is 0.741. The van der Waals surface area contributed by atoms with E-state index in [1.165, 1.54) is 11.3 Å². The zero-order valence-electron chi connectivity index (χ0n) is 22.2. The van der Waals surface area contributed by atoms with Crippen molar-refractivity contribution in [2.75, 3.05) is 0 Å². The van der Waals surface area contributed by atoms with Crippen LogP contribution in [0.5, 0.6) is 0 Å². The Morgan fingerprint density at radius 3 is 2.58 bits per heavy atom. The number of hydrogen-bond donors (Lipinski definition) is 3. The molecular formula is C27H41NO7S. The second-order valence-electron chi connectivity index (χ2n) is 11.3. The standard InChI is InChI=1S/C27H41NO7S/c1-15-8-7-9-27(6)21(35-27)11-19(16(2)10-18-14-36-22(13-29)28-18)34-23(31)12-20(30)26(4,5)25(33)17(3)24(15)32/h10,14-15,17,19-21,24,29-30,32H,7-9,11-13H2,1-6H3. The van der Waals surface area contributed by atoms with Crippen molar-refractivity contribution in [1.29, 1.82) is 0 Å². The summed E-state index contributed by atoms with van der Waals surface area (Å²) in [6, 6.07) is 0. The summed E-state index contributed by atoms with van der Waals surface area (Å²) in [5, 5.41) is 33.4. The quantitative estimate of drug-likeness (QED) is 0.404. The van der Waals surface area contributed by atoms with Crippen molar-refractivity contribution in [3.8, 4) is 0 Å². The zero-order valence-corrected chi connectivity index (χ0v) is 23.0. The predicted octanol–water partition coefficient (Wildman–Crippen LogP) is 3.66. The number of hydrogen-bond acceptors (Lipinski definition) is 9. The molecule has 0 amide bonds. The van der Waals surface area contributed by atoms with Gasteiger partial charge < -0.3 is 24.8 Å². The first kappa shape index (κ1) is 28.9. The number of carbonyl (C=O) groups is 2. The first-order valence-corrected chi connectivity index (χ1v) is 13.7. The number of aliphatic hydroxyl groups is 3. The Kier molecular flexibility index (Phi) is 9.15. The highest BCUT2D eigenvalue weighted by Gasteiger charge is 2.53. The highest BCUT2D eigenvalue weighted by atomic mass is 32.1. The van der Waals surface area contributed by atoms with Gasteiger partial charge in [-0.2, -0.15) is 0 Å². The van der Waals surface area contributed by atoms with E-state index in [1.54, 1.807) is 20.8 Å². The van der Waals surface area contributed by atoms with Gasteiger partial charge in [-0.3, -0.25) is 9.59 Å². The van der Waals surface area contributed by atoms with Gasteiger partial charge in [0, 0.05) is 17.7 Å². The van der Waals surface area contributed by atoms with Gasteiger partial charge in [-0.1, -0.05) is 34.1 Å². The van der Waals surface area contributed by atoms with Gasteiger partial charge in [0.05, 0.1) is 48.0 Å². The van der Waals surface area contributed by atoms with E-state index >= 15 is 0 Å². The van der Waals surface area contributed by atoms with Crippen molar-refractivity contribution >= 4 is 29.2 Å². The largest absolute Gasteiger partial charge is 0.458 e. The Bertz CT molecular complexity index is 973. The molecule has 8 nitrogen and oxygen atoms in total. The molecule has 3 N–H and O–H groups in total. The third kappa shape index (κ3) is 6.61. The monoisotopic (exact) mass is 523 g/mol. The van der Waals surface area contributed by atoms with Crippen LogP contribution in [0.1, 0.15) is 84.3 Å². The molecule has 3 heterocycles. The molecule has 2 aliphatic rings. The van der Waals surface area contributed by atoms with E-state index in [2.05, 4.69) is 4.98 Å². The number of Topliss-reactive ketones (excluding diaryl/α,β-unsaturated/α-hetero) is 1. The molecule has 7 atom stereocenters. The molecule has 0 spiro atoms. The minimum absolute atomic E-state index is 0.0860. The van der Waals surface area contributed by atoms with E-state index in [9.17, 15) is 24.9 Å². The molecule has 2 saturated heterocycles. The topological polar surface area (TPSA) is 129 Å². The third-order valence-electron chi connectivity index (χ3n) is 8.00. The van der Waals surface area contributed by atoms with Crippen LogP contribution < -0.4 is 0 Å². The molecule has 0 aromatic carbocycles. The maximum atomic E-state index is 13.2. The van der Waals surface area contributed by atoms with Crippen LogP contribution in [-0.2, 0) is 25.7 Å². The first-order valence-electron chi connectivity index (χ1n) is 12.8. The molecule has 2 fully saturated rings. The van der Waals surface area contributed by atoms with Crippen LogP contribution in [0, 0.1) is 17.3 Å². The number of cyclic esters (lactones) is 1. The van der Waals surface area contributed by atoms with Gasteiger partial charge in [0.1, 0.15) is 16.9 Å². The van der Waals surface area contributed by atoms with Gasteiger partial charge >= 0.3 is 5.97 Å². The van der Waals surface area contributed by atoms with Crippen molar-refractivity contribution in [2.24, 2.45) is 17.3 Å². The van der Waals surface area contributed by atoms with Gasteiger partial charge in [-0.25, -0.2) is 4.98 Å². The number of ether oxygens (including phenoxy) is 2. The number of ketones is 1. The lowest BCUT2D eigenvalue weighted by Gasteiger charge is -2.34. The number of thiazole rings is 1. The summed E-state index contributed by atoms with van der Waals surface area (Å²) in [4.78, 5) is 30.5. The van der Waals surface area contributed by atoms with Crippen LogP contribution in [0.2, 0.25) is 0 Å². The molecule has 0 bridgehead atoms. The molecule has 7 unspecified atom stereocenters. The Hall–Kier alpha value is -1.65.